The number of aliphatic carboxylic acids is 1. The smallest absolute Gasteiger partial charge is 0.372 e. The first-order valence-electron chi connectivity index (χ1n) is 2.79. The standard InChI is InChI=1S/C6H7O4/c7-4-2-1-3-5(8)6(9)10/h1-3H2,(H,9,10). The molecule has 0 spiro atoms. The first-order chi connectivity index (χ1) is 4.68. The summed E-state index contributed by atoms with van der Waals surface area (Å²) >= 11 is 0. The summed E-state index contributed by atoms with van der Waals surface area (Å²) in [5.41, 5.74) is 0. The summed E-state index contributed by atoms with van der Waals surface area (Å²) in [6.07, 6.45) is 1.88. The van der Waals surface area contributed by atoms with E-state index >= 15 is 0 Å². The van der Waals surface area contributed by atoms with Crippen molar-refractivity contribution < 1.29 is 19.5 Å². The number of hydrogen-bond acceptors (Lipinski definition) is 3. The summed E-state index contributed by atoms with van der Waals surface area (Å²) in [5.74, 6) is -2.29. The van der Waals surface area contributed by atoms with E-state index in [1.165, 1.54) is 0 Å². The molecule has 0 unspecified atom stereocenters. The van der Waals surface area contributed by atoms with Crippen LogP contribution in [0.3, 0.4) is 0 Å². The SMILES string of the molecule is O=[C]CCCC(=O)C(=O)O. The Morgan fingerprint density at radius 1 is 1.40 bits per heavy atom. The van der Waals surface area contributed by atoms with E-state index in [0.717, 1.165) is 0 Å². The molecule has 0 aromatic rings. The molecular weight excluding hydrogens is 136 g/mol. The first-order valence-corrected chi connectivity index (χ1v) is 2.79. The zero-order valence-corrected chi connectivity index (χ0v) is 5.29. The number of hydrogen-bond donors (Lipinski definition) is 1. The Bertz CT molecular complexity index is 150. The maximum atomic E-state index is 10.3. The van der Waals surface area contributed by atoms with Crippen LogP contribution in [0.25, 0.3) is 0 Å². The molecule has 0 aliphatic heterocycles. The number of Topliss-reactive ketones (excluding diaryl/α,β-unsaturated/α-hetero) is 1. The van der Waals surface area contributed by atoms with E-state index in [2.05, 4.69) is 0 Å². The number of unbranched alkanes of at least 4 members (excludes halogenated alkanes) is 1. The Morgan fingerprint density at radius 3 is 2.40 bits per heavy atom. The quantitative estimate of drug-likeness (QED) is 0.431. The van der Waals surface area contributed by atoms with Gasteiger partial charge in [0.25, 0.3) is 0 Å². The van der Waals surface area contributed by atoms with Crippen molar-refractivity contribution in [3.63, 3.8) is 0 Å². The number of carbonyl (C=O) groups is 2. The van der Waals surface area contributed by atoms with Crippen molar-refractivity contribution in [2.45, 2.75) is 19.3 Å². The van der Waals surface area contributed by atoms with Gasteiger partial charge in [0, 0.05) is 12.8 Å². The average molecular weight is 143 g/mol. The second-order valence-electron chi connectivity index (χ2n) is 1.73. The lowest BCUT2D eigenvalue weighted by molar-refractivity contribution is -0.149. The lowest BCUT2D eigenvalue weighted by Crippen LogP contribution is -2.11. The highest BCUT2D eigenvalue weighted by Crippen LogP contribution is 1.93. The van der Waals surface area contributed by atoms with Crippen LogP contribution in [0.4, 0.5) is 0 Å². The molecule has 0 aromatic heterocycles. The molecule has 0 amide bonds. The number of carbonyl (C=O) groups excluding carboxylic acids is 2. The van der Waals surface area contributed by atoms with Crippen molar-refractivity contribution >= 4 is 18.0 Å². The molecule has 55 valence electrons. The van der Waals surface area contributed by atoms with E-state index in [0.29, 0.717) is 0 Å². The van der Waals surface area contributed by atoms with E-state index < -0.39 is 11.8 Å². The van der Waals surface area contributed by atoms with E-state index in [4.69, 9.17) is 5.11 Å². The number of rotatable bonds is 5. The van der Waals surface area contributed by atoms with Crippen molar-refractivity contribution in [3.05, 3.63) is 0 Å². The highest BCUT2D eigenvalue weighted by molar-refractivity contribution is 6.32. The van der Waals surface area contributed by atoms with Gasteiger partial charge >= 0.3 is 5.97 Å². The molecule has 1 radical (unpaired) electrons. The fourth-order valence-electron chi connectivity index (χ4n) is 0.428. The summed E-state index contributed by atoms with van der Waals surface area (Å²) in [7, 11) is 0. The molecule has 4 nitrogen and oxygen atoms in total. The van der Waals surface area contributed by atoms with Crippen molar-refractivity contribution in [2.24, 2.45) is 0 Å². The molecule has 1 N–H and O–H groups in total. The molecule has 0 bridgehead atoms. The van der Waals surface area contributed by atoms with E-state index in [1.807, 2.05) is 0 Å². The van der Waals surface area contributed by atoms with Crippen LogP contribution in [-0.4, -0.2) is 23.1 Å². The summed E-state index contributed by atoms with van der Waals surface area (Å²) in [6, 6.07) is 0. The molecule has 4 heteroatoms. The van der Waals surface area contributed by atoms with Gasteiger partial charge in [-0.3, -0.25) is 9.59 Å². The van der Waals surface area contributed by atoms with Gasteiger partial charge in [0.1, 0.15) is 0 Å². The van der Waals surface area contributed by atoms with Gasteiger partial charge in [0.2, 0.25) is 5.78 Å². The number of carboxylic acids is 1. The summed E-state index contributed by atoms with van der Waals surface area (Å²) in [4.78, 5) is 29.7. The Balaban J connectivity index is 3.40. The molecule has 0 fully saturated rings. The molecule has 0 saturated heterocycles. The van der Waals surface area contributed by atoms with E-state index in [-0.39, 0.29) is 19.3 Å². The molecule has 0 aliphatic rings. The minimum Gasteiger partial charge on any atom is -0.476 e. The monoisotopic (exact) mass is 143 g/mol. The van der Waals surface area contributed by atoms with Gasteiger partial charge in [-0.15, -0.1) is 0 Å². The van der Waals surface area contributed by atoms with Gasteiger partial charge in [-0.05, 0) is 6.42 Å². The van der Waals surface area contributed by atoms with Crippen LogP contribution < -0.4 is 0 Å². The minimum atomic E-state index is -1.44. The van der Waals surface area contributed by atoms with Crippen molar-refractivity contribution in [1.82, 2.24) is 0 Å². The molecule has 0 rings (SSSR count). The number of carboxylic acid groups (broad SMARTS) is 1. The lowest BCUT2D eigenvalue weighted by atomic mass is 10.2. The zero-order valence-electron chi connectivity index (χ0n) is 5.29. The zero-order chi connectivity index (χ0) is 7.98. The second-order valence-corrected chi connectivity index (χ2v) is 1.73. The van der Waals surface area contributed by atoms with Crippen LogP contribution in [0.15, 0.2) is 0 Å². The molecule has 10 heavy (non-hydrogen) atoms. The van der Waals surface area contributed by atoms with Crippen LogP contribution in [0.1, 0.15) is 19.3 Å². The van der Waals surface area contributed by atoms with E-state index in [9.17, 15) is 14.4 Å². The third kappa shape index (κ3) is 3.77. The van der Waals surface area contributed by atoms with Crippen molar-refractivity contribution in [1.29, 1.82) is 0 Å². The van der Waals surface area contributed by atoms with Crippen molar-refractivity contribution in [3.8, 4) is 0 Å². The Labute approximate surface area is 57.8 Å². The lowest BCUT2D eigenvalue weighted by Gasteiger charge is -1.88. The Kier molecular flexibility index (Phi) is 4.11. The summed E-state index contributed by atoms with van der Waals surface area (Å²) < 4.78 is 0. The van der Waals surface area contributed by atoms with Gasteiger partial charge < -0.3 is 5.11 Å². The predicted octanol–water partition coefficient (Wildman–Crippen LogP) is -0.0799. The maximum absolute atomic E-state index is 10.3. The Hall–Kier alpha value is -1.19. The van der Waals surface area contributed by atoms with Gasteiger partial charge in [-0.25, -0.2) is 4.79 Å². The fraction of sp³-hybridized carbons (Fsp3) is 0.500. The van der Waals surface area contributed by atoms with Gasteiger partial charge in [-0.2, -0.15) is 0 Å². The second kappa shape index (κ2) is 4.67. The van der Waals surface area contributed by atoms with Crippen LogP contribution in [0.5, 0.6) is 0 Å². The predicted molar refractivity (Wildman–Crippen MR) is 32.2 cm³/mol. The summed E-state index contributed by atoms with van der Waals surface area (Å²) in [5, 5.41) is 8.03. The molecule has 0 aromatic carbocycles. The first kappa shape index (κ1) is 8.81. The topological polar surface area (TPSA) is 71.4 Å². The highest BCUT2D eigenvalue weighted by atomic mass is 16.4. The van der Waals surface area contributed by atoms with E-state index in [1.54, 1.807) is 6.29 Å². The van der Waals surface area contributed by atoms with Gasteiger partial charge in [0.05, 0.1) is 0 Å². The molecule has 0 heterocycles. The van der Waals surface area contributed by atoms with Crippen LogP contribution in [0.2, 0.25) is 0 Å². The van der Waals surface area contributed by atoms with Gasteiger partial charge in [-0.1, -0.05) is 0 Å². The molecule has 0 atom stereocenters. The minimum absolute atomic E-state index is 0.0788. The molecular formula is C6H7O4. The van der Waals surface area contributed by atoms with Crippen molar-refractivity contribution in [2.75, 3.05) is 0 Å². The van der Waals surface area contributed by atoms with Gasteiger partial charge in [0.15, 0.2) is 6.29 Å². The Morgan fingerprint density at radius 2 is 2.00 bits per heavy atom. The molecule has 0 aliphatic carbocycles. The van der Waals surface area contributed by atoms with Crippen LogP contribution in [-0.2, 0) is 14.4 Å². The number of ketones is 1. The third-order valence-electron chi connectivity index (χ3n) is 0.921. The maximum Gasteiger partial charge on any atom is 0.372 e. The normalized spacial score (nSPS) is 8.80. The molecule has 0 saturated carbocycles. The average Bonchev–Trinajstić information content (AvgIpc) is 1.88. The fourth-order valence-corrected chi connectivity index (χ4v) is 0.428. The van der Waals surface area contributed by atoms with Crippen LogP contribution >= 0.6 is 0 Å². The summed E-state index contributed by atoms with van der Waals surface area (Å²) in [6.45, 7) is 0. The largest absolute Gasteiger partial charge is 0.476 e. The third-order valence-corrected chi connectivity index (χ3v) is 0.921. The van der Waals surface area contributed by atoms with Crippen LogP contribution in [0, 0.1) is 0 Å². The highest BCUT2D eigenvalue weighted by Gasteiger charge is 2.09.